The highest BCUT2D eigenvalue weighted by Crippen LogP contribution is 2.15. The summed E-state index contributed by atoms with van der Waals surface area (Å²) in [6, 6.07) is 3.80. The van der Waals surface area contributed by atoms with Crippen LogP contribution in [0, 0.1) is 5.92 Å². The van der Waals surface area contributed by atoms with Gasteiger partial charge in [0.25, 0.3) is 5.91 Å². The summed E-state index contributed by atoms with van der Waals surface area (Å²) in [5.41, 5.74) is 0.472. The highest BCUT2D eigenvalue weighted by molar-refractivity contribution is 5.96. The Morgan fingerprint density at radius 1 is 1.43 bits per heavy atom. The fourth-order valence-corrected chi connectivity index (χ4v) is 2.88. The molecule has 128 valence electrons. The van der Waals surface area contributed by atoms with Crippen molar-refractivity contribution in [2.75, 3.05) is 40.0 Å². The maximum atomic E-state index is 12.4. The number of hydrogen-bond acceptors (Lipinski definition) is 5. The molecule has 1 atom stereocenters. The molecule has 6 heteroatoms. The van der Waals surface area contributed by atoms with E-state index < -0.39 is 0 Å². The minimum Gasteiger partial charge on any atom is -0.480 e. The molecule has 1 aliphatic heterocycles. The number of nitrogens with one attached hydrogen (secondary N) is 1. The van der Waals surface area contributed by atoms with Crippen LogP contribution >= 0.6 is 0 Å². The molecule has 1 saturated heterocycles. The zero-order valence-electron chi connectivity index (χ0n) is 14.2. The number of morpholine rings is 1. The number of hydrogen-bond donors (Lipinski definition) is 1. The number of nitrogens with zero attached hydrogens (tertiary/aromatic N) is 2. The van der Waals surface area contributed by atoms with Crippen molar-refractivity contribution < 1.29 is 14.3 Å². The first-order valence-corrected chi connectivity index (χ1v) is 8.20. The molecule has 1 amide bonds. The maximum Gasteiger partial charge on any atom is 0.256 e. The van der Waals surface area contributed by atoms with Crippen molar-refractivity contribution in [2.45, 2.75) is 26.3 Å². The van der Waals surface area contributed by atoms with Gasteiger partial charge in [0.15, 0.2) is 0 Å². The summed E-state index contributed by atoms with van der Waals surface area (Å²) >= 11 is 0. The summed E-state index contributed by atoms with van der Waals surface area (Å²) in [4.78, 5) is 18.9. The Bertz CT molecular complexity index is 502. The van der Waals surface area contributed by atoms with Gasteiger partial charge < -0.3 is 14.8 Å². The largest absolute Gasteiger partial charge is 0.480 e. The molecule has 2 heterocycles. The van der Waals surface area contributed by atoms with Crippen molar-refractivity contribution in [2.24, 2.45) is 5.92 Å². The smallest absolute Gasteiger partial charge is 0.256 e. The number of ether oxygens (including phenoxy) is 2. The van der Waals surface area contributed by atoms with Crippen LogP contribution in [0.3, 0.4) is 0 Å². The third-order valence-corrected chi connectivity index (χ3v) is 4.01. The summed E-state index contributed by atoms with van der Waals surface area (Å²) < 4.78 is 10.6. The van der Waals surface area contributed by atoms with E-state index in [1.807, 2.05) is 0 Å². The molecule has 2 rings (SSSR count). The van der Waals surface area contributed by atoms with Gasteiger partial charge in [-0.1, -0.05) is 13.8 Å². The Balaban J connectivity index is 1.97. The average Bonchev–Trinajstić information content (AvgIpc) is 2.58. The highest BCUT2D eigenvalue weighted by Gasteiger charge is 2.23. The van der Waals surface area contributed by atoms with Gasteiger partial charge >= 0.3 is 0 Å². The Hall–Kier alpha value is -1.66. The molecular formula is C17H27N3O3. The van der Waals surface area contributed by atoms with Crippen LogP contribution in [0.4, 0.5) is 0 Å². The maximum absolute atomic E-state index is 12.4. The summed E-state index contributed by atoms with van der Waals surface area (Å²) in [7, 11) is 1.52. The number of pyridine rings is 1. The Labute approximate surface area is 138 Å². The molecule has 6 nitrogen and oxygen atoms in total. The molecule has 0 radical (unpaired) electrons. The van der Waals surface area contributed by atoms with Crippen LogP contribution in [0.2, 0.25) is 0 Å². The molecule has 1 N–H and O–H groups in total. The zero-order chi connectivity index (χ0) is 16.7. The Kier molecular flexibility index (Phi) is 6.80. The third kappa shape index (κ3) is 5.18. The number of aromatic nitrogens is 1. The molecule has 23 heavy (non-hydrogen) atoms. The van der Waals surface area contributed by atoms with Gasteiger partial charge in [-0.2, -0.15) is 0 Å². The monoisotopic (exact) mass is 321 g/mol. The van der Waals surface area contributed by atoms with Crippen molar-refractivity contribution in [1.82, 2.24) is 15.2 Å². The lowest BCUT2D eigenvalue weighted by molar-refractivity contribution is 0.0124. The molecule has 0 aliphatic carbocycles. The third-order valence-electron chi connectivity index (χ3n) is 4.01. The standard InChI is InChI=1S/C17H27N3O3/c1-13(2)11-14(20-7-9-23-10-8-20)12-19-16(21)15-5-4-6-18-17(15)22-3/h4-6,13-14H,7-12H2,1-3H3,(H,19,21). The number of carbonyl (C=O) groups excluding carboxylic acids is 1. The predicted molar refractivity (Wildman–Crippen MR) is 88.8 cm³/mol. The summed E-state index contributed by atoms with van der Waals surface area (Å²) in [6.45, 7) is 8.40. The number of amides is 1. The van der Waals surface area contributed by atoms with Crippen LogP contribution in [0.1, 0.15) is 30.6 Å². The van der Waals surface area contributed by atoms with Crippen LogP contribution in [-0.4, -0.2) is 61.8 Å². The molecule has 0 bridgehead atoms. The molecule has 1 aromatic rings. The van der Waals surface area contributed by atoms with E-state index in [1.54, 1.807) is 18.3 Å². The van der Waals surface area contributed by atoms with Crippen molar-refractivity contribution in [3.05, 3.63) is 23.9 Å². The van der Waals surface area contributed by atoms with Gasteiger partial charge in [0.1, 0.15) is 5.56 Å². The van der Waals surface area contributed by atoms with Gasteiger partial charge in [-0.25, -0.2) is 4.98 Å². The first-order valence-electron chi connectivity index (χ1n) is 8.20. The second-order valence-corrected chi connectivity index (χ2v) is 6.20. The minimum absolute atomic E-state index is 0.142. The van der Waals surface area contributed by atoms with Crippen LogP contribution in [0.25, 0.3) is 0 Å². The summed E-state index contributed by atoms with van der Waals surface area (Å²) in [6.07, 6.45) is 2.66. The molecule has 1 aromatic heterocycles. The van der Waals surface area contributed by atoms with Crippen molar-refractivity contribution in [3.63, 3.8) is 0 Å². The van der Waals surface area contributed by atoms with E-state index >= 15 is 0 Å². The zero-order valence-corrected chi connectivity index (χ0v) is 14.2. The van der Waals surface area contributed by atoms with E-state index in [0.717, 1.165) is 32.7 Å². The van der Waals surface area contributed by atoms with Gasteiger partial charge in [-0.05, 0) is 24.5 Å². The van der Waals surface area contributed by atoms with Crippen LogP contribution < -0.4 is 10.1 Å². The topological polar surface area (TPSA) is 63.7 Å². The average molecular weight is 321 g/mol. The van der Waals surface area contributed by atoms with Crippen LogP contribution in [0.5, 0.6) is 5.88 Å². The van der Waals surface area contributed by atoms with Crippen molar-refractivity contribution in [1.29, 1.82) is 0 Å². The lowest BCUT2D eigenvalue weighted by atomic mass is 10.0. The van der Waals surface area contributed by atoms with E-state index in [-0.39, 0.29) is 5.91 Å². The normalized spacial score (nSPS) is 17.0. The molecular weight excluding hydrogens is 294 g/mol. The molecule has 0 spiro atoms. The van der Waals surface area contributed by atoms with E-state index in [0.29, 0.717) is 29.9 Å². The summed E-state index contributed by atoms with van der Waals surface area (Å²) in [5.74, 6) is 0.793. The van der Waals surface area contributed by atoms with Gasteiger partial charge in [0.2, 0.25) is 5.88 Å². The fourth-order valence-electron chi connectivity index (χ4n) is 2.88. The van der Waals surface area contributed by atoms with E-state index in [2.05, 4.69) is 29.0 Å². The van der Waals surface area contributed by atoms with E-state index in [9.17, 15) is 4.79 Å². The van der Waals surface area contributed by atoms with Gasteiger partial charge in [-0.3, -0.25) is 9.69 Å². The van der Waals surface area contributed by atoms with Crippen molar-refractivity contribution >= 4 is 5.91 Å². The molecule has 1 unspecified atom stereocenters. The predicted octanol–water partition coefficient (Wildman–Crippen LogP) is 1.57. The number of rotatable bonds is 7. The highest BCUT2D eigenvalue weighted by atomic mass is 16.5. The number of methoxy groups -OCH3 is 1. The quantitative estimate of drug-likeness (QED) is 0.826. The molecule has 1 fully saturated rings. The Morgan fingerprint density at radius 3 is 2.83 bits per heavy atom. The minimum atomic E-state index is -0.142. The lowest BCUT2D eigenvalue weighted by Gasteiger charge is -2.35. The van der Waals surface area contributed by atoms with Gasteiger partial charge in [-0.15, -0.1) is 0 Å². The van der Waals surface area contributed by atoms with E-state index in [4.69, 9.17) is 9.47 Å². The SMILES string of the molecule is COc1ncccc1C(=O)NCC(CC(C)C)N1CCOCC1. The molecule has 0 saturated carbocycles. The second-order valence-electron chi connectivity index (χ2n) is 6.20. The molecule has 1 aliphatic rings. The first kappa shape index (κ1) is 17.7. The lowest BCUT2D eigenvalue weighted by Crippen LogP contribution is -2.49. The van der Waals surface area contributed by atoms with Crippen molar-refractivity contribution in [3.8, 4) is 5.88 Å². The van der Waals surface area contributed by atoms with Gasteiger partial charge in [0, 0.05) is 31.9 Å². The van der Waals surface area contributed by atoms with Crippen LogP contribution in [0.15, 0.2) is 18.3 Å². The first-order chi connectivity index (χ1) is 11.1. The van der Waals surface area contributed by atoms with Crippen LogP contribution in [-0.2, 0) is 4.74 Å². The fraction of sp³-hybridized carbons (Fsp3) is 0.647. The van der Waals surface area contributed by atoms with E-state index in [1.165, 1.54) is 7.11 Å². The summed E-state index contributed by atoms with van der Waals surface area (Å²) in [5, 5.41) is 3.04. The second kappa shape index (κ2) is 8.84. The Morgan fingerprint density at radius 2 is 2.17 bits per heavy atom. The molecule has 0 aromatic carbocycles. The number of carbonyl (C=O) groups is 1. The van der Waals surface area contributed by atoms with Gasteiger partial charge in [0.05, 0.1) is 20.3 Å².